The van der Waals surface area contributed by atoms with E-state index < -0.39 is 6.04 Å². The van der Waals surface area contributed by atoms with Gasteiger partial charge in [0.2, 0.25) is 5.91 Å². The van der Waals surface area contributed by atoms with Crippen molar-refractivity contribution < 1.29 is 9.59 Å². The van der Waals surface area contributed by atoms with Crippen LogP contribution < -0.4 is 10.6 Å². The highest BCUT2D eigenvalue weighted by Crippen LogP contribution is 2.21. The number of halogens is 1. The van der Waals surface area contributed by atoms with Crippen LogP contribution in [0.25, 0.3) is 11.1 Å². The first-order valence-corrected chi connectivity index (χ1v) is 11.8. The molecule has 0 aromatic heterocycles. The Morgan fingerprint density at radius 1 is 0.900 bits per heavy atom. The molecule has 1 atom stereocenters. The molecule has 0 aliphatic heterocycles. The third kappa shape index (κ3) is 5.97. The fourth-order valence-electron chi connectivity index (χ4n) is 2.99. The zero-order chi connectivity index (χ0) is 21.3. The van der Waals surface area contributed by atoms with Crippen LogP contribution in [-0.2, 0) is 4.79 Å². The number of hydrogen-bond acceptors (Lipinski definition) is 3. The predicted octanol–water partition coefficient (Wildman–Crippen LogP) is 5.61. The van der Waals surface area contributed by atoms with E-state index in [9.17, 15) is 9.59 Å². The van der Waals surface area contributed by atoms with Crippen molar-refractivity contribution in [3.63, 3.8) is 0 Å². The summed E-state index contributed by atoms with van der Waals surface area (Å²) in [5.41, 5.74) is 3.40. The Kier molecular flexibility index (Phi) is 8.11. The highest BCUT2D eigenvalue weighted by Gasteiger charge is 2.22. The first-order chi connectivity index (χ1) is 14.6. The van der Waals surface area contributed by atoms with Gasteiger partial charge in [0.15, 0.2) is 0 Å². The average molecular weight is 483 g/mol. The van der Waals surface area contributed by atoms with E-state index in [-0.39, 0.29) is 11.8 Å². The molecule has 4 nitrogen and oxygen atoms in total. The van der Waals surface area contributed by atoms with E-state index in [4.69, 9.17) is 0 Å². The fourth-order valence-corrected chi connectivity index (χ4v) is 3.93. The van der Waals surface area contributed by atoms with Gasteiger partial charge in [-0.05, 0) is 69.8 Å². The van der Waals surface area contributed by atoms with Crippen molar-refractivity contribution in [2.24, 2.45) is 0 Å². The van der Waals surface area contributed by atoms with Crippen molar-refractivity contribution in [1.29, 1.82) is 0 Å². The average Bonchev–Trinajstić information content (AvgIpc) is 2.78. The van der Waals surface area contributed by atoms with E-state index in [0.717, 1.165) is 16.9 Å². The number of nitrogens with one attached hydrogen (secondary N) is 2. The van der Waals surface area contributed by atoms with Crippen molar-refractivity contribution in [3.8, 4) is 11.1 Å². The molecule has 0 heterocycles. The molecule has 0 bridgehead atoms. The maximum Gasteiger partial charge on any atom is 0.253 e. The second-order valence-electron chi connectivity index (χ2n) is 6.72. The van der Waals surface area contributed by atoms with Crippen LogP contribution in [0.4, 0.5) is 5.69 Å². The van der Waals surface area contributed by atoms with Gasteiger partial charge < -0.3 is 10.6 Å². The van der Waals surface area contributed by atoms with E-state index in [1.165, 1.54) is 0 Å². The van der Waals surface area contributed by atoms with E-state index in [1.807, 2.05) is 66.9 Å². The second kappa shape index (κ2) is 11.0. The molecule has 0 radical (unpaired) electrons. The van der Waals surface area contributed by atoms with Gasteiger partial charge in [0, 0.05) is 10.2 Å². The SMILES string of the molecule is CSCCC(NC(=O)c1ccccc1Br)C(=O)Nc1ccc(-c2ccccc2)cc1. The van der Waals surface area contributed by atoms with Crippen LogP contribution in [0.5, 0.6) is 0 Å². The molecule has 3 rings (SSSR count). The van der Waals surface area contributed by atoms with E-state index in [2.05, 4.69) is 26.6 Å². The Hall–Kier alpha value is -2.57. The van der Waals surface area contributed by atoms with Crippen molar-refractivity contribution in [2.75, 3.05) is 17.3 Å². The number of anilines is 1. The van der Waals surface area contributed by atoms with E-state index in [1.54, 1.807) is 30.0 Å². The summed E-state index contributed by atoms with van der Waals surface area (Å²) in [7, 11) is 0. The van der Waals surface area contributed by atoms with Gasteiger partial charge >= 0.3 is 0 Å². The molecule has 1 unspecified atom stereocenters. The van der Waals surface area contributed by atoms with Crippen molar-refractivity contribution >= 4 is 45.2 Å². The molecule has 2 N–H and O–H groups in total. The molecule has 3 aromatic carbocycles. The Balaban J connectivity index is 1.69. The lowest BCUT2D eigenvalue weighted by Crippen LogP contribution is -2.44. The van der Waals surface area contributed by atoms with Crippen LogP contribution in [-0.4, -0.2) is 29.9 Å². The summed E-state index contributed by atoms with van der Waals surface area (Å²) < 4.78 is 0.697. The van der Waals surface area contributed by atoms with E-state index >= 15 is 0 Å². The Bertz CT molecular complexity index is 994. The zero-order valence-electron chi connectivity index (χ0n) is 16.6. The van der Waals surface area contributed by atoms with Crippen LogP contribution >= 0.6 is 27.7 Å². The summed E-state index contributed by atoms with van der Waals surface area (Å²) in [6.45, 7) is 0. The minimum absolute atomic E-state index is 0.225. The maximum atomic E-state index is 12.9. The van der Waals surface area contributed by atoms with Crippen LogP contribution in [0.2, 0.25) is 0 Å². The van der Waals surface area contributed by atoms with Gasteiger partial charge in [0.1, 0.15) is 6.04 Å². The van der Waals surface area contributed by atoms with Crippen LogP contribution in [0.3, 0.4) is 0 Å². The summed E-state index contributed by atoms with van der Waals surface area (Å²) in [4.78, 5) is 25.5. The van der Waals surface area contributed by atoms with Gasteiger partial charge in [-0.2, -0.15) is 11.8 Å². The van der Waals surface area contributed by atoms with Gasteiger partial charge in [0.05, 0.1) is 5.56 Å². The zero-order valence-corrected chi connectivity index (χ0v) is 19.0. The molecule has 0 spiro atoms. The Labute approximate surface area is 189 Å². The third-order valence-electron chi connectivity index (χ3n) is 4.61. The Morgan fingerprint density at radius 2 is 1.53 bits per heavy atom. The molecule has 0 saturated heterocycles. The minimum atomic E-state index is -0.620. The number of rotatable bonds is 8. The molecule has 0 aliphatic rings. The summed E-state index contributed by atoms with van der Waals surface area (Å²) in [5, 5.41) is 5.80. The van der Waals surface area contributed by atoms with Gasteiger partial charge in [-0.15, -0.1) is 0 Å². The monoisotopic (exact) mass is 482 g/mol. The number of benzene rings is 3. The van der Waals surface area contributed by atoms with Crippen LogP contribution in [0.1, 0.15) is 16.8 Å². The molecular formula is C24H23BrN2O2S. The molecule has 6 heteroatoms. The largest absolute Gasteiger partial charge is 0.340 e. The predicted molar refractivity (Wildman–Crippen MR) is 129 cm³/mol. The molecule has 0 fully saturated rings. The second-order valence-corrected chi connectivity index (χ2v) is 8.56. The van der Waals surface area contributed by atoms with E-state index in [0.29, 0.717) is 22.1 Å². The number of hydrogen-bond donors (Lipinski definition) is 2. The van der Waals surface area contributed by atoms with Crippen LogP contribution in [0.15, 0.2) is 83.3 Å². The first kappa shape index (κ1) is 22.1. The molecule has 0 saturated carbocycles. The maximum absolute atomic E-state index is 12.9. The fraction of sp³-hybridized carbons (Fsp3) is 0.167. The molecule has 154 valence electrons. The highest BCUT2D eigenvalue weighted by molar-refractivity contribution is 9.10. The summed E-state index contributed by atoms with van der Waals surface area (Å²) in [6.07, 6.45) is 2.53. The first-order valence-electron chi connectivity index (χ1n) is 9.59. The summed E-state index contributed by atoms with van der Waals surface area (Å²) in [6, 6.07) is 24.3. The number of carbonyl (C=O) groups excluding carboxylic acids is 2. The van der Waals surface area contributed by atoms with Crippen molar-refractivity contribution in [1.82, 2.24) is 5.32 Å². The lowest BCUT2D eigenvalue weighted by molar-refractivity contribution is -0.118. The van der Waals surface area contributed by atoms with Crippen molar-refractivity contribution in [3.05, 3.63) is 88.9 Å². The van der Waals surface area contributed by atoms with Crippen LogP contribution in [0, 0.1) is 0 Å². The van der Waals surface area contributed by atoms with Gasteiger partial charge in [-0.1, -0.05) is 54.6 Å². The molecule has 30 heavy (non-hydrogen) atoms. The number of carbonyl (C=O) groups is 2. The minimum Gasteiger partial charge on any atom is -0.340 e. The normalized spacial score (nSPS) is 11.5. The Morgan fingerprint density at radius 3 is 2.20 bits per heavy atom. The number of thioether (sulfide) groups is 1. The smallest absolute Gasteiger partial charge is 0.253 e. The van der Waals surface area contributed by atoms with Gasteiger partial charge in [-0.3, -0.25) is 9.59 Å². The molecule has 2 amide bonds. The highest BCUT2D eigenvalue weighted by atomic mass is 79.9. The lowest BCUT2D eigenvalue weighted by Gasteiger charge is -2.19. The van der Waals surface area contributed by atoms with Crippen molar-refractivity contribution in [2.45, 2.75) is 12.5 Å². The third-order valence-corrected chi connectivity index (χ3v) is 5.95. The summed E-state index contributed by atoms with van der Waals surface area (Å²) in [5.74, 6) is 0.265. The summed E-state index contributed by atoms with van der Waals surface area (Å²) >= 11 is 5.03. The molecular weight excluding hydrogens is 460 g/mol. The molecule has 3 aromatic rings. The topological polar surface area (TPSA) is 58.2 Å². The van der Waals surface area contributed by atoms with Gasteiger partial charge in [-0.25, -0.2) is 0 Å². The lowest BCUT2D eigenvalue weighted by atomic mass is 10.1. The quantitative estimate of drug-likeness (QED) is 0.438. The number of amides is 2. The molecule has 0 aliphatic carbocycles. The van der Waals surface area contributed by atoms with Gasteiger partial charge in [0.25, 0.3) is 5.91 Å². The standard InChI is InChI=1S/C24H23BrN2O2S/c1-30-16-15-22(27-23(28)20-9-5-6-10-21(20)25)24(29)26-19-13-11-18(12-14-19)17-7-3-2-4-8-17/h2-14,22H,15-16H2,1H3,(H,26,29)(H,27,28).